The van der Waals surface area contributed by atoms with Gasteiger partial charge in [0.2, 0.25) is 5.79 Å². The van der Waals surface area contributed by atoms with Gasteiger partial charge >= 0.3 is 5.97 Å². The van der Waals surface area contributed by atoms with Crippen molar-refractivity contribution in [2.45, 2.75) is 198 Å². The fourth-order valence-electron chi connectivity index (χ4n) is 6.29. The summed E-state index contributed by atoms with van der Waals surface area (Å²) < 4.78 is 10.9. The zero-order valence-corrected chi connectivity index (χ0v) is 26.8. The molecule has 1 saturated heterocycles. The molecule has 0 aromatic rings. The van der Waals surface area contributed by atoms with Crippen LogP contribution < -0.4 is 0 Å². The second kappa shape index (κ2) is 21.4. The Hall–Kier alpha value is -1.28. The molecule has 0 amide bonds. The Balaban J connectivity index is 1.40. The minimum Gasteiger partial charge on any atom is -0.426 e. The van der Waals surface area contributed by atoms with Crippen molar-refractivity contribution in [1.29, 1.82) is 0 Å². The van der Waals surface area contributed by atoms with E-state index in [2.05, 4.69) is 6.92 Å². The molecule has 0 bridgehead atoms. The molecule has 3 N–H and O–H groups in total. The van der Waals surface area contributed by atoms with Gasteiger partial charge in [-0.25, -0.2) is 4.79 Å². The zero-order chi connectivity index (χ0) is 30.6. The van der Waals surface area contributed by atoms with E-state index in [0.717, 1.165) is 64.2 Å². The molecule has 0 unspecified atom stereocenters. The fraction of sp³-hybridized carbons (Fsp3) is 0.886. The Kier molecular flexibility index (Phi) is 18.8. The molecule has 0 spiro atoms. The van der Waals surface area contributed by atoms with Crippen molar-refractivity contribution in [2.24, 2.45) is 0 Å². The number of hydrogen-bond donors (Lipinski definition) is 3. The lowest BCUT2D eigenvalue weighted by Gasteiger charge is -2.22. The van der Waals surface area contributed by atoms with Crippen molar-refractivity contribution in [3.8, 4) is 0 Å². The molecule has 42 heavy (non-hydrogen) atoms. The van der Waals surface area contributed by atoms with Gasteiger partial charge in [-0.1, -0.05) is 96.8 Å². The first-order valence-corrected chi connectivity index (χ1v) is 17.4. The van der Waals surface area contributed by atoms with Crippen LogP contribution in [-0.4, -0.2) is 57.3 Å². The van der Waals surface area contributed by atoms with Crippen LogP contribution in [0, 0.1) is 0 Å². The number of Topliss-reactive ketones (excluding diaryl/α,β-unsaturated/α-hetero) is 1. The fourth-order valence-corrected chi connectivity index (χ4v) is 6.29. The Bertz CT molecular complexity index is 777. The van der Waals surface area contributed by atoms with Crippen LogP contribution in [0.25, 0.3) is 0 Å². The first kappa shape index (κ1) is 36.9. The highest BCUT2D eigenvalue weighted by molar-refractivity contribution is 5.91. The number of ether oxygens (including phenoxy) is 2. The number of aliphatic hydroxyl groups is 3. The maximum absolute atomic E-state index is 12.3. The highest BCUT2D eigenvalue weighted by Crippen LogP contribution is 2.29. The lowest BCUT2D eigenvalue weighted by atomic mass is 9.99. The van der Waals surface area contributed by atoms with Crippen LogP contribution in [0.1, 0.15) is 168 Å². The van der Waals surface area contributed by atoms with Gasteiger partial charge in [0.05, 0.1) is 24.4 Å². The number of carbonyl (C=O) groups is 2. The molecule has 2 rings (SSSR count). The largest absolute Gasteiger partial charge is 0.426 e. The summed E-state index contributed by atoms with van der Waals surface area (Å²) >= 11 is 0. The van der Waals surface area contributed by atoms with Gasteiger partial charge in [-0.3, -0.25) is 4.79 Å². The molecule has 2 aliphatic rings. The van der Waals surface area contributed by atoms with Crippen LogP contribution in [0.3, 0.4) is 0 Å². The van der Waals surface area contributed by atoms with Crippen LogP contribution >= 0.6 is 0 Å². The molecular weight excluding hydrogens is 532 g/mol. The Morgan fingerprint density at radius 2 is 1.26 bits per heavy atom. The molecule has 2 heterocycles. The predicted octanol–water partition coefficient (Wildman–Crippen LogP) is 7.62. The van der Waals surface area contributed by atoms with Crippen LogP contribution in [0.15, 0.2) is 11.6 Å². The van der Waals surface area contributed by atoms with E-state index in [-0.39, 0.29) is 18.0 Å². The topological polar surface area (TPSA) is 113 Å². The number of cyclic esters (lactones) is 1. The van der Waals surface area contributed by atoms with Gasteiger partial charge in [0, 0.05) is 25.3 Å². The third-order valence-corrected chi connectivity index (χ3v) is 8.91. The highest BCUT2D eigenvalue weighted by Gasteiger charge is 2.34. The van der Waals surface area contributed by atoms with Crippen molar-refractivity contribution in [3.05, 3.63) is 11.6 Å². The van der Waals surface area contributed by atoms with Crippen molar-refractivity contribution >= 4 is 11.8 Å². The molecule has 244 valence electrons. The summed E-state index contributed by atoms with van der Waals surface area (Å²) in [5, 5.41) is 30.9. The van der Waals surface area contributed by atoms with E-state index in [1.54, 1.807) is 0 Å². The van der Waals surface area contributed by atoms with Crippen molar-refractivity contribution in [2.75, 3.05) is 0 Å². The normalized spacial score (nSPS) is 23.6. The molecule has 7 nitrogen and oxygen atoms in total. The first-order chi connectivity index (χ1) is 20.2. The van der Waals surface area contributed by atoms with Gasteiger partial charge in [-0.15, -0.1) is 0 Å². The van der Waals surface area contributed by atoms with E-state index in [4.69, 9.17) is 9.47 Å². The van der Waals surface area contributed by atoms with Crippen molar-refractivity contribution < 1.29 is 34.4 Å². The quantitative estimate of drug-likeness (QED) is 0.0697. The van der Waals surface area contributed by atoms with Gasteiger partial charge in [-0.05, 0) is 57.4 Å². The van der Waals surface area contributed by atoms with Gasteiger partial charge in [-0.2, -0.15) is 0 Å². The molecule has 0 aromatic carbocycles. The lowest BCUT2D eigenvalue weighted by molar-refractivity contribution is -0.172. The first-order valence-electron chi connectivity index (χ1n) is 17.4. The summed E-state index contributed by atoms with van der Waals surface area (Å²) in [4.78, 5) is 23.9. The van der Waals surface area contributed by atoms with Gasteiger partial charge < -0.3 is 24.8 Å². The molecule has 1 fully saturated rings. The Labute approximate surface area is 255 Å². The number of aliphatic hydroxyl groups excluding tert-OH is 2. The monoisotopic (exact) mass is 594 g/mol. The van der Waals surface area contributed by atoms with Crippen LogP contribution in [0.4, 0.5) is 0 Å². The maximum atomic E-state index is 12.3. The summed E-state index contributed by atoms with van der Waals surface area (Å²) in [6, 6.07) is 0. The predicted molar refractivity (Wildman–Crippen MR) is 167 cm³/mol. The number of carbonyl (C=O) groups excluding carboxylic acids is 2. The molecule has 0 saturated carbocycles. The summed E-state index contributed by atoms with van der Waals surface area (Å²) in [5.74, 6) is -1.61. The van der Waals surface area contributed by atoms with E-state index >= 15 is 0 Å². The van der Waals surface area contributed by atoms with Gasteiger partial charge in [0.15, 0.2) is 0 Å². The Morgan fingerprint density at radius 3 is 1.81 bits per heavy atom. The van der Waals surface area contributed by atoms with E-state index in [0.29, 0.717) is 37.7 Å². The average Bonchev–Trinajstić information content (AvgIpc) is 3.54. The van der Waals surface area contributed by atoms with Crippen LogP contribution in [-0.2, 0) is 19.1 Å². The molecule has 7 heteroatoms. The number of unbranched alkanes of at least 4 members (excludes halogenated alkanes) is 14. The van der Waals surface area contributed by atoms with Crippen molar-refractivity contribution in [3.63, 3.8) is 0 Å². The second-order valence-electron chi connectivity index (χ2n) is 13.1. The van der Waals surface area contributed by atoms with Crippen LogP contribution in [0.2, 0.25) is 0 Å². The number of rotatable bonds is 26. The molecule has 0 radical (unpaired) electrons. The number of ketones is 1. The maximum Gasteiger partial charge on any atom is 0.336 e. The molecular formula is C35H62O7. The summed E-state index contributed by atoms with van der Waals surface area (Å²) in [6.45, 7) is 3.72. The van der Waals surface area contributed by atoms with E-state index in [1.165, 1.54) is 70.8 Å². The Morgan fingerprint density at radius 1 is 0.786 bits per heavy atom. The average molecular weight is 595 g/mol. The molecule has 2 aliphatic heterocycles. The third kappa shape index (κ3) is 16.0. The van der Waals surface area contributed by atoms with Gasteiger partial charge in [0.25, 0.3) is 0 Å². The smallest absolute Gasteiger partial charge is 0.336 e. The minimum atomic E-state index is -1.46. The third-order valence-electron chi connectivity index (χ3n) is 8.91. The molecule has 0 aliphatic carbocycles. The SMILES string of the molecule is CCCCCCCCCCCC[C@@H](O)[C@H]1CC[C@H]([C@@H](O)CCCC(=O)CCCCCCCCC2=C[C@](C)(O)OC2=O)O1. The van der Waals surface area contributed by atoms with E-state index < -0.39 is 24.0 Å². The number of hydrogen-bond acceptors (Lipinski definition) is 7. The number of esters is 1. The van der Waals surface area contributed by atoms with Gasteiger partial charge in [0.1, 0.15) is 5.78 Å². The van der Waals surface area contributed by atoms with E-state index in [9.17, 15) is 24.9 Å². The lowest BCUT2D eigenvalue weighted by Crippen LogP contribution is -2.31. The standard InChI is InChI=1S/C35H62O7/c1-3-4-5-6-7-8-9-10-15-18-23-30(37)32-25-26-33(41-32)31(38)24-19-22-29(36)21-17-14-12-11-13-16-20-28-27-35(2,40)42-34(28)39/h27,30-33,37-38,40H,3-26H2,1-2H3/t30-,31+,32-,33-,35-/m1/s1. The summed E-state index contributed by atoms with van der Waals surface area (Å²) in [7, 11) is 0. The van der Waals surface area contributed by atoms with Crippen molar-refractivity contribution in [1.82, 2.24) is 0 Å². The highest BCUT2D eigenvalue weighted by atomic mass is 16.7. The minimum absolute atomic E-state index is 0.169. The summed E-state index contributed by atoms with van der Waals surface area (Å²) in [5.41, 5.74) is 0.562. The zero-order valence-electron chi connectivity index (χ0n) is 26.8. The van der Waals surface area contributed by atoms with Crippen LogP contribution in [0.5, 0.6) is 0 Å². The molecule has 0 aromatic heterocycles. The molecule has 5 atom stereocenters. The summed E-state index contributed by atoms with van der Waals surface area (Å²) in [6.07, 6.45) is 24.2. The second-order valence-corrected chi connectivity index (χ2v) is 13.1. The van der Waals surface area contributed by atoms with E-state index in [1.807, 2.05) is 0 Å².